The number of aromatic carboxylic acids is 1. The van der Waals surface area contributed by atoms with Crippen LogP contribution in [0.1, 0.15) is 10.4 Å². The molecular weight excluding hydrogens is 194 g/mol. The van der Waals surface area contributed by atoms with E-state index in [2.05, 4.69) is 4.98 Å². The van der Waals surface area contributed by atoms with Crippen LogP contribution in [0.4, 0.5) is 0 Å². The first-order valence-electron chi connectivity index (χ1n) is 4.38. The van der Waals surface area contributed by atoms with E-state index in [0.717, 1.165) is 0 Å². The molecule has 1 aromatic carbocycles. The quantitative estimate of drug-likeness (QED) is 0.810. The number of ether oxygens (including phenoxy) is 1. The number of carboxylic acid groups (broad SMARTS) is 1. The molecule has 1 N–H and O–H groups in total. The number of rotatable bonds is 2. The van der Waals surface area contributed by atoms with Gasteiger partial charge in [-0.15, -0.1) is 0 Å². The van der Waals surface area contributed by atoms with Crippen LogP contribution in [-0.2, 0) is 0 Å². The van der Waals surface area contributed by atoms with Gasteiger partial charge in [0.2, 0.25) is 0 Å². The summed E-state index contributed by atoms with van der Waals surface area (Å²) in [6, 6.07) is 5.27. The minimum absolute atomic E-state index is 0.186. The number of carbonyl (C=O) groups is 1. The molecule has 0 radical (unpaired) electrons. The topological polar surface area (TPSA) is 59.4 Å². The standard InChI is InChI=1S/C11H9NO3/c1-15-10-4-2-3-7-8(10)5-12-6-9(7)11(13)14/h2-6H,1H3,(H,13,14). The van der Waals surface area contributed by atoms with Crippen molar-refractivity contribution in [3.63, 3.8) is 0 Å². The fraction of sp³-hybridized carbons (Fsp3) is 0.0909. The normalized spacial score (nSPS) is 10.2. The number of benzene rings is 1. The van der Waals surface area contributed by atoms with Gasteiger partial charge in [-0.1, -0.05) is 12.1 Å². The van der Waals surface area contributed by atoms with E-state index in [1.54, 1.807) is 31.5 Å². The highest BCUT2D eigenvalue weighted by atomic mass is 16.5. The molecule has 0 atom stereocenters. The molecule has 15 heavy (non-hydrogen) atoms. The van der Waals surface area contributed by atoms with Crippen molar-refractivity contribution in [2.24, 2.45) is 0 Å². The second kappa shape index (κ2) is 3.57. The maximum absolute atomic E-state index is 10.9. The smallest absolute Gasteiger partial charge is 0.337 e. The fourth-order valence-corrected chi connectivity index (χ4v) is 1.52. The Morgan fingerprint density at radius 1 is 1.33 bits per heavy atom. The first kappa shape index (κ1) is 9.45. The number of aromatic nitrogens is 1. The fourth-order valence-electron chi connectivity index (χ4n) is 1.52. The molecule has 1 aromatic heterocycles. The highest BCUT2D eigenvalue weighted by Crippen LogP contribution is 2.26. The monoisotopic (exact) mass is 203 g/mol. The largest absolute Gasteiger partial charge is 0.496 e. The van der Waals surface area contributed by atoms with Crippen LogP contribution in [0.5, 0.6) is 5.75 Å². The molecule has 0 aliphatic carbocycles. The second-order valence-corrected chi connectivity index (χ2v) is 3.05. The van der Waals surface area contributed by atoms with Crippen LogP contribution in [-0.4, -0.2) is 23.2 Å². The molecule has 0 spiro atoms. The molecule has 2 aromatic rings. The third-order valence-electron chi connectivity index (χ3n) is 2.21. The van der Waals surface area contributed by atoms with Crippen LogP contribution >= 0.6 is 0 Å². The van der Waals surface area contributed by atoms with Gasteiger partial charge in [-0.05, 0) is 6.07 Å². The summed E-state index contributed by atoms with van der Waals surface area (Å²) in [5.74, 6) is -0.357. The Labute approximate surface area is 86.1 Å². The molecule has 76 valence electrons. The molecule has 0 amide bonds. The summed E-state index contributed by atoms with van der Waals surface area (Å²) in [6.07, 6.45) is 2.94. The minimum atomic E-state index is -0.985. The molecule has 0 saturated heterocycles. The number of pyridine rings is 1. The van der Waals surface area contributed by atoms with Crippen molar-refractivity contribution in [3.05, 3.63) is 36.2 Å². The van der Waals surface area contributed by atoms with E-state index in [9.17, 15) is 4.79 Å². The lowest BCUT2D eigenvalue weighted by atomic mass is 10.1. The number of fused-ring (bicyclic) bond motifs is 1. The summed E-state index contributed by atoms with van der Waals surface area (Å²) in [7, 11) is 1.54. The summed E-state index contributed by atoms with van der Waals surface area (Å²) >= 11 is 0. The zero-order valence-electron chi connectivity index (χ0n) is 8.10. The highest BCUT2D eigenvalue weighted by molar-refractivity contribution is 6.04. The zero-order valence-corrected chi connectivity index (χ0v) is 8.10. The van der Waals surface area contributed by atoms with Gasteiger partial charge in [0.15, 0.2) is 0 Å². The van der Waals surface area contributed by atoms with Gasteiger partial charge in [0, 0.05) is 23.2 Å². The minimum Gasteiger partial charge on any atom is -0.496 e. The van der Waals surface area contributed by atoms with Gasteiger partial charge < -0.3 is 9.84 Å². The van der Waals surface area contributed by atoms with Crippen LogP contribution in [0.3, 0.4) is 0 Å². The second-order valence-electron chi connectivity index (χ2n) is 3.05. The third-order valence-corrected chi connectivity index (χ3v) is 2.21. The van der Waals surface area contributed by atoms with Gasteiger partial charge in [-0.2, -0.15) is 0 Å². The van der Waals surface area contributed by atoms with Crippen LogP contribution in [0.2, 0.25) is 0 Å². The summed E-state index contributed by atoms with van der Waals surface area (Å²) in [5.41, 5.74) is 0.186. The predicted octanol–water partition coefficient (Wildman–Crippen LogP) is 1.94. The molecule has 1 heterocycles. The Kier molecular flexibility index (Phi) is 2.25. The number of nitrogens with zero attached hydrogens (tertiary/aromatic N) is 1. The van der Waals surface area contributed by atoms with Crippen LogP contribution in [0.15, 0.2) is 30.6 Å². The van der Waals surface area contributed by atoms with Gasteiger partial charge in [0.25, 0.3) is 0 Å². The van der Waals surface area contributed by atoms with Crippen molar-refractivity contribution in [2.75, 3.05) is 7.11 Å². The molecule has 0 saturated carbocycles. The first-order chi connectivity index (χ1) is 7.24. The van der Waals surface area contributed by atoms with Gasteiger partial charge >= 0.3 is 5.97 Å². The van der Waals surface area contributed by atoms with Gasteiger partial charge in [0.1, 0.15) is 5.75 Å². The predicted molar refractivity (Wildman–Crippen MR) is 55.3 cm³/mol. The summed E-state index contributed by atoms with van der Waals surface area (Å²) < 4.78 is 5.13. The molecule has 0 bridgehead atoms. The summed E-state index contributed by atoms with van der Waals surface area (Å²) in [4.78, 5) is 14.8. The van der Waals surface area contributed by atoms with Gasteiger partial charge in [-0.25, -0.2) is 4.79 Å². The Bertz CT molecular complexity index is 522. The van der Waals surface area contributed by atoms with E-state index in [-0.39, 0.29) is 5.56 Å². The Hall–Kier alpha value is -2.10. The van der Waals surface area contributed by atoms with Crippen molar-refractivity contribution in [1.29, 1.82) is 0 Å². The van der Waals surface area contributed by atoms with Crippen molar-refractivity contribution in [3.8, 4) is 5.75 Å². The lowest BCUT2D eigenvalue weighted by molar-refractivity contribution is 0.0698. The Balaban J connectivity index is 2.82. The van der Waals surface area contributed by atoms with Gasteiger partial charge in [-0.3, -0.25) is 4.98 Å². The van der Waals surface area contributed by atoms with Crippen LogP contribution in [0.25, 0.3) is 10.8 Å². The molecule has 2 rings (SSSR count). The molecule has 0 aliphatic heterocycles. The van der Waals surface area contributed by atoms with E-state index in [4.69, 9.17) is 9.84 Å². The van der Waals surface area contributed by atoms with Crippen LogP contribution < -0.4 is 4.74 Å². The van der Waals surface area contributed by atoms with Crippen molar-refractivity contribution >= 4 is 16.7 Å². The number of carboxylic acids is 1. The molecule has 0 aliphatic rings. The third kappa shape index (κ3) is 1.50. The van der Waals surface area contributed by atoms with Crippen LogP contribution in [0, 0.1) is 0 Å². The number of hydrogen-bond acceptors (Lipinski definition) is 3. The van der Waals surface area contributed by atoms with E-state index < -0.39 is 5.97 Å². The van der Waals surface area contributed by atoms with Crippen molar-refractivity contribution in [2.45, 2.75) is 0 Å². The Morgan fingerprint density at radius 2 is 2.13 bits per heavy atom. The summed E-state index contributed by atoms with van der Waals surface area (Å²) in [6.45, 7) is 0. The average molecular weight is 203 g/mol. The maximum atomic E-state index is 10.9. The van der Waals surface area contributed by atoms with E-state index in [1.165, 1.54) is 6.20 Å². The molecular formula is C11H9NO3. The first-order valence-corrected chi connectivity index (χ1v) is 4.38. The molecule has 4 heteroatoms. The molecule has 0 fully saturated rings. The maximum Gasteiger partial charge on any atom is 0.337 e. The average Bonchev–Trinajstić information content (AvgIpc) is 2.27. The number of hydrogen-bond donors (Lipinski definition) is 1. The lowest BCUT2D eigenvalue weighted by Gasteiger charge is -2.06. The Morgan fingerprint density at radius 3 is 2.80 bits per heavy atom. The van der Waals surface area contributed by atoms with Crippen molar-refractivity contribution < 1.29 is 14.6 Å². The zero-order chi connectivity index (χ0) is 10.8. The van der Waals surface area contributed by atoms with E-state index >= 15 is 0 Å². The highest BCUT2D eigenvalue weighted by Gasteiger charge is 2.10. The van der Waals surface area contributed by atoms with E-state index in [0.29, 0.717) is 16.5 Å². The molecule has 4 nitrogen and oxygen atoms in total. The summed E-state index contributed by atoms with van der Waals surface area (Å²) in [5, 5.41) is 10.3. The number of methoxy groups -OCH3 is 1. The van der Waals surface area contributed by atoms with Crippen molar-refractivity contribution in [1.82, 2.24) is 4.98 Å². The van der Waals surface area contributed by atoms with Gasteiger partial charge in [0.05, 0.1) is 12.7 Å². The SMILES string of the molecule is COc1cccc2c(C(=O)O)cncc12. The lowest BCUT2D eigenvalue weighted by Crippen LogP contribution is -1.99. The van der Waals surface area contributed by atoms with E-state index in [1.807, 2.05) is 0 Å². The molecule has 0 unspecified atom stereocenters.